The van der Waals surface area contributed by atoms with Gasteiger partial charge in [0.25, 0.3) is 0 Å². The number of carbonyl (C=O) groups is 1. The SMILES string of the molecule is C[Si](C)(O)Cc1cccc(C(=O)CCCOCCOCCn2cc(CCCCOP(=O)(O)O)nn2)c1. The van der Waals surface area contributed by atoms with Crippen LogP contribution in [0.25, 0.3) is 0 Å². The molecule has 0 aliphatic carbocycles. The summed E-state index contributed by atoms with van der Waals surface area (Å²) in [5.74, 6) is 0.0794. The molecule has 0 fully saturated rings. The van der Waals surface area contributed by atoms with Crippen molar-refractivity contribution in [1.82, 2.24) is 15.0 Å². The molecule has 202 valence electrons. The fourth-order valence-corrected chi connectivity index (χ4v) is 5.05. The Labute approximate surface area is 213 Å². The van der Waals surface area contributed by atoms with E-state index in [2.05, 4.69) is 14.8 Å². The lowest BCUT2D eigenvalue weighted by molar-refractivity contribution is 0.0423. The van der Waals surface area contributed by atoms with E-state index in [0.29, 0.717) is 76.7 Å². The van der Waals surface area contributed by atoms with Crippen LogP contribution >= 0.6 is 7.82 Å². The fraction of sp³-hybridized carbons (Fsp3) is 0.609. The molecule has 0 saturated heterocycles. The molecule has 1 aromatic carbocycles. The topological polar surface area (TPSA) is 153 Å². The highest BCUT2D eigenvalue weighted by atomic mass is 31.2. The number of hydrogen-bond acceptors (Lipinski definition) is 8. The Bertz CT molecular complexity index is 976. The van der Waals surface area contributed by atoms with Crippen LogP contribution in [0.4, 0.5) is 0 Å². The van der Waals surface area contributed by atoms with E-state index in [1.165, 1.54) is 0 Å². The zero-order valence-electron chi connectivity index (χ0n) is 21.0. The number of phosphoric ester groups is 1. The standard InChI is InChI=1S/C23H38N3O8PSi/c1-36(2,31)19-20-7-5-8-21(17-20)23(27)10-6-12-32-15-16-33-14-11-26-18-22(24-25-26)9-3-4-13-34-35(28,29)30/h5,7-8,17-18,31H,3-4,6,9-16,19H2,1-2H3,(H2,28,29,30). The maximum Gasteiger partial charge on any atom is 0.469 e. The number of unbranched alkanes of at least 4 members (excludes halogenated alkanes) is 1. The van der Waals surface area contributed by atoms with Gasteiger partial charge in [0, 0.05) is 24.8 Å². The van der Waals surface area contributed by atoms with Gasteiger partial charge in [-0.1, -0.05) is 23.4 Å². The lowest BCUT2D eigenvalue weighted by Crippen LogP contribution is -2.28. The Morgan fingerprint density at radius 1 is 1.06 bits per heavy atom. The van der Waals surface area contributed by atoms with Gasteiger partial charge in [-0.25, -0.2) is 9.25 Å². The molecule has 36 heavy (non-hydrogen) atoms. The summed E-state index contributed by atoms with van der Waals surface area (Å²) in [6.07, 6.45) is 4.73. The third kappa shape index (κ3) is 14.1. The second-order valence-corrected chi connectivity index (χ2v) is 14.4. The van der Waals surface area contributed by atoms with Gasteiger partial charge in [-0.05, 0) is 56.5 Å². The van der Waals surface area contributed by atoms with Crippen molar-refractivity contribution in [2.75, 3.05) is 33.0 Å². The molecule has 0 bridgehead atoms. The van der Waals surface area contributed by atoms with E-state index in [1.807, 2.05) is 43.6 Å². The minimum Gasteiger partial charge on any atom is -0.432 e. The van der Waals surface area contributed by atoms with Crippen molar-refractivity contribution in [2.45, 2.75) is 57.8 Å². The van der Waals surface area contributed by atoms with Crippen molar-refractivity contribution in [3.63, 3.8) is 0 Å². The summed E-state index contributed by atoms with van der Waals surface area (Å²) in [4.78, 5) is 39.8. The first-order valence-corrected chi connectivity index (χ1v) is 16.8. The van der Waals surface area contributed by atoms with Gasteiger partial charge in [0.05, 0.1) is 38.7 Å². The Balaban J connectivity index is 1.49. The number of phosphoric acid groups is 1. The van der Waals surface area contributed by atoms with E-state index in [1.54, 1.807) is 4.68 Å². The molecule has 0 spiro atoms. The number of ether oxygens (including phenoxy) is 2. The Morgan fingerprint density at radius 2 is 1.81 bits per heavy atom. The van der Waals surface area contributed by atoms with Crippen molar-refractivity contribution in [3.05, 3.63) is 47.3 Å². The van der Waals surface area contributed by atoms with E-state index >= 15 is 0 Å². The first-order valence-electron chi connectivity index (χ1n) is 12.1. The Morgan fingerprint density at radius 3 is 2.53 bits per heavy atom. The molecule has 2 rings (SSSR count). The van der Waals surface area contributed by atoms with Gasteiger partial charge >= 0.3 is 7.82 Å². The zero-order chi connectivity index (χ0) is 26.4. The summed E-state index contributed by atoms with van der Waals surface area (Å²) in [5.41, 5.74) is 2.48. The Kier molecular flexibility index (Phi) is 13.1. The van der Waals surface area contributed by atoms with Crippen LogP contribution in [0.5, 0.6) is 0 Å². The largest absolute Gasteiger partial charge is 0.469 e. The van der Waals surface area contributed by atoms with Crippen molar-refractivity contribution < 1.29 is 37.9 Å². The highest BCUT2D eigenvalue weighted by molar-refractivity contribution is 7.46. The molecule has 0 aliphatic rings. The third-order valence-corrected chi connectivity index (χ3v) is 6.88. The van der Waals surface area contributed by atoms with Gasteiger partial charge in [0.1, 0.15) is 0 Å². The van der Waals surface area contributed by atoms with E-state index in [9.17, 15) is 14.2 Å². The molecule has 3 N–H and O–H groups in total. The number of benzene rings is 1. The number of Topliss-reactive ketones (excluding diaryl/α,β-unsaturated/α-hetero) is 1. The monoisotopic (exact) mass is 543 g/mol. The molecule has 2 aromatic rings. The highest BCUT2D eigenvalue weighted by Crippen LogP contribution is 2.35. The van der Waals surface area contributed by atoms with Crippen LogP contribution in [-0.2, 0) is 37.6 Å². The van der Waals surface area contributed by atoms with E-state index in [0.717, 1.165) is 11.3 Å². The van der Waals surface area contributed by atoms with Crippen molar-refractivity contribution in [2.24, 2.45) is 0 Å². The summed E-state index contributed by atoms with van der Waals surface area (Å²) in [7, 11) is -6.61. The summed E-state index contributed by atoms with van der Waals surface area (Å²) in [5, 5.41) is 8.10. The lowest BCUT2D eigenvalue weighted by atomic mass is 10.0. The summed E-state index contributed by atoms with van der Waals surface area (Å²) < 4.78 is 27.8. The molecule has 1 heterocycles. The summed E-state index contributed by atoms with van der Waals surface area (Å²) >= 11 is 0. The number of ketones is 1. The van der Waals surface area contributed by atoms with E-state index in [-0.39, 0.29) is 12.4 Å². The minimum absolute atomic E-state index is 0.00367. The van der Waals surface area contributed by atoms with Gasteiger partial charge in [-0.15, -0.1) is 5.10 Å². The zero-order valence-corrected chi connectivity index (χ0v) is 22.9. The van der Waals surface area contributed by atoms with Crippen LogP contribution in [0.15, 0.2) is 30.5 Å². The number of rotatable bonds is 19. The maximum atomic E-state index is 12.4. The average Bonchev–Trinajstić information content (AvgIpc) is 3.23. The molecule has 0 radical (unpaired) electrons. The molecule has 0 aliphatic heterocycles. The van der Waals surface area contributed by atoms with Crippen molar-refractivity contribution >= 4 is 21.9 Å². The number of aryl methyl sites for hydroxylation is 1. The quantitative estimate of drug-likeness (QED) is 0.104. The third-order valence-electron chi connectivity index (χ3n) is 5.09. The van der Waals surface area contributed by atoms with Gasteiger partial charge in [0.2, 0.25) is 0 Å². The first kappa shape index (κ1) is 30.5. The molecule has 0 amide bonds. The van der Waals surface area contributed by atoms with Crippen LogP contribution < -0.4 is 0 Å². The van der Waals surface area contributed by atoms with E-state index < -0.39 is 16.1 Å². The molecule has 1 aromatic heterocycles. The van der Waals surface area contributed by atoms with Crippen molar-refractivity contribution in [3.8, 4) is 0 Å². The van der Waals surface area contributed by atoms with Gasteiger partial charge in [-0.3, -0.25) is 9.32 Å². The summed E-state index contributed by atoms with van der Waals surface area (Å²) in [6.45, 7) is 6.16. The highest BCUT2D eigenvalue weighted by Gasteiger charge is 2.18. The molecule has 0 atom stereocenters. The van der Waals surface area contributed by atoms with Crippen LogP contribution in [-0.4, -0.2) is 76.7 Å². The normalized spacial score (nSPS) is 12.2. The maximum absolute atomic E-state index is 12.4. The smallest absolute Gasteiger partial charge is 0.432 e. The minimum atomic E-state index is -4.40. The number of hydrogen-bond donors (Lipinski definition) is 3. The number of nitrogens with zero attached hydrogens (tertiary/aromatic N) is 3. The molecular weight excluding hydrogens is 505 g/mol. The van der Waals surface area contributed by atoms with Crippen LogP contribution in [0.1, 0.15) is 47.3 Å². The van der Waals surface area contributed by atoms with Crippen LogP contribution in [0.3, 0.4) is 0 Å². The summed E-state index contributed by atoms with van der Waals surface area (Å²) in [6, 6.07) is 8.14. The second-order valence-electron chi connectivity index (χ2n) is 9.19. The molecule has 13 heteroatoms. The fourth-order valence-electron chi connectivity index (χ4n) is 3.47. The predicted octanol–water partition coefficient (Wildman–Crippen LogP) is 2.69. The van der Waals surface area contributed by atoms with Gasteiger partial charge in [-0.2, -0.15) is 0 Å². The first-order chi connectivity index (χ1) is 17.0. The van der Waals surface area contributed by atoms with Crippen LogP contribution in [0.2, 0.25) is 13.1 Å². The molecular formula is C23H38N3O8PSi. The predicted molar refractivity (Wildman–Crippen MR) is 136 cm³/mol. The molecule has 0 saturated carbocycles. The van der Waals surface area contributed by atoms with Gasteiger partial charge < -0.3 is 24.1 Å². The molecule has 11 nitrogen and oxygen atoms in total. The number of aromatic nitrogens is 3. The molecule has 0 unspecified atom stereocenters. The van der Waals surface area contributed by atoms with Crippen molar-refractivity contribution in [1.29, 1.82) is 0 Å². The Hall–Kier alpha value is -1.76. The average molecular weight is 544 g/mol. The van der Waals surface area contributed by atoms with Gasteiger partial charge in [0.15, 0.2) is 14.1 Å². The lowest BCUT2D eigenvalue weighted by Gasteiger charge is -2.14. The van der Waals surface area contributed by atoms with E-state index in [4.69, 9.17) is 19.3 Å². The number of carbonyl (C=O) groups excluding carboxylic acids is 1. The second kappa shape index (κ2) is 15.5. The van der Waals surface area contributed by atoms with Crippen LogP contribution in [0, 0.1) is 0 Å².